The highest BCUT2D eigenvalue weighted by Crippen LogP contribution is 2.27. The van der Waals surface area contributed by atoms with E-state index in [1.807, 2.05) is 5.38 Å². The fourth-order valence-electron chi connectivity index (χ4n) is 1.58. The molecule has 0 amide bonds. The maximum absolute atomic E-state index is 10.8. The van der Waals surface area contributed by atoms with Gasteiger partial charge >= 0.3 is 5.97 Å². The molecule has 94 valence electrons. The largest absolute Gasteiger partial charge is 0.477 e. The number of aromatic amines is 1. The maximum atomic E-state index is 10.8. The van der Waals surface area contributed by atoms with E-state index in [1.165, 1.54) is 11.3 Å². The first-order valence-corrected chi connectivity index (χ1v) is 6.27. The van der Waals surface area contributed by atoms with Gasteiger partial charge < -0.3 is 10.1 Å². The van der Waals surface area contributed by atoms with Crippen molar-refractivity contribution in [3.63, 3.8) is 0 Å². The number of nitrogens with zero attached hydrogens (tertiary/aromatic N) is 3. The van der Waals surface area contributed by atoms with E-state index in [1.54, 1.807) is 30.7 Å². The lowest BCUT2D eigenvalue weighted by Crippen LogP contribution is -1.94. The molecule has 0 spiro atoms. The van der Waals surface area contributed by atoms with Crippen molar-refractivity contribution in [2.45, 2.75) is 0 Å². The Morgan fingerprint density at radius 3 is 2.79 bits per heavy atom. The molecule has 19 heavy (non-hydrogen) atoms. The van der Waals surface area contributed by atoms with Crippen LogP contribution in [0, 0.1) is 0 Å². The van der Waals surface area contributed by atoms with Crippen molar-refractivity contribution in [1.82, 2.24) is 19.9 Å². The summed E-state index contributed by atoms with van der Waals surface area (Å²) in [5.74, 6) is -0.430. The van der Waals surface area contributed by atoms with Gasteiger partial charge in [-0.05, 0) is 12.1 Å². The van der Waals surface area contributed by atoms with Crippen LogP contribution in [0.1, 0.15) is 10.5 Å². The summed E-state index contributed by atoms with van der Waals surface area (Å²) in [6.07, 6.45) is 4.93. The first-order valence-electron chi connectivity index (χ1n) is 5.39. The molecule has 0 radical (unpaired) electrons. The van der Waals surface area contributed by atoms with E-state index in [2.05, 4.69) is 19.9 Å². The zero-order valence-corrected chi connectivity index (χ0v) is 10.4. The average Bonchev–Trinajstić information content (AvgIpc) is 3.09. The second-order valence-corrected chi connectivity index (χ2v) is 4.58. The molecule has 0 saturated carbocycles. The van der Waals surface area contributed by atoms with E-state index in [0.29, 0.717) is 16.5 Å². The van der Waals surface area contributed by atoms with Gasteiger partial charge in [0.15, 0.2) is 10.8 Å². The Kier molecular flexibility index (Phi) is 2.81. The van der Waals surface area contributed by atoms with Crippen molar-refractivity contribution >= 4 is 17.3 Å². The summed E-state index contributed by atoms with van der Waals surface area (Å²) in [5, 5.41) is 11.4. The summed E-state index contributed by atoms with van der Waals surface area (Å²) in [6.45, 7) is 0. The summed E-state index contributed by atoms with van der Waals surface area (Å²) < 4.78 is 0. The Hall–Kier alpha value is -2.54. The number of rotatable bonds is 3. The molecule has 2 N–H and O–H groups in total. The minimum atomic E-state index is -0.993. The van der Waals surface area contributed by atoms with Gasteiger partial charge in [0.25, 0.3) is 0 Å². The molecular weight excluding hydrogens is 264 g/mol. The quantitative estimate of drug-likeness (QED) is 0.763. The molecule has 0 fully saturated rings. The molecule has 0 aliphatic carbocycles. The predicted molar refractivity (Wildman–Crippen MR) is 69.9 cm³/mol. The standard InChI is InChI=1S/C12H8N4O2S/c17-12(18)8-4-7(5-15-8)9-6-19-11(16-9)10-13-2-1-3-14-10/h1-6,15H,(H,17,18). The third-order valence-electron chi connectivity index (χ3n) is 2.47. The number of carbonyl (C=O) groups is 1. The minimum Gasteiger partial charge on any atom is -0.477 e. The van der Waals surface area contributed by atoms with Crippen LogP contribution in [0.2, 0.25) is 0 Å². The van der Waals surface area contributed by atoms with Crippen LogP contribution in [-0.2, 0) is 0 Å². The summed E-state index contributed by atoms with van der Waals surface area (Å²) in [7, 11) is 0. The Bertz CT molecular complexity index is 720. The molecule has 0 aliphatic heterocycles. The van der Waals surface area contributed by atoms with Crippen molar-refractivity contribution in [2.24, 2.45) is 0 Å². The molecule has 0 aromatic carbocycles. The smallest absolute Gasteiger partial charge is 0.352 e. The third-order valence-corrected chi connectivity index (χ3v) is 3.31. The summed E-state index contributed by atoms with van der Waals surface area (Å²) in [4.78, 5) is 26.1. The monoisotopic (exact) mass is 272 g/mol. The topological polar surface area (TPSA) is 91.8 Å². The van der Waals surface area contributed by atoms with E-state index in [0.717, 1.165) is 5.56 Å². The number of H-pyrrole nitrogens is 1. The molecule has 6 nitrogen and oxygen atoms in total. The fourth-order valence-corrected chi connectivity index (χ4v) is 2.36. The van der Waals surface area contributed by atoms with Gasteiger partial charge in [0.2, 0.25) is 0 Å². The molecule has 0 atom stereocenters. The SMILES string of the molecule is O=C(O)c1cc(-c2csc(-c3ncccn3)n2)c[nH]1. The zero-order valence-electron chi connectivity index (χ0n) is 9.57. The molecule has 3 heterocycles. The minimum absolute atomic E-state index is 0.139. The van der Waals surface area contributed by atoms with Crippen molar-refractivity contribution in [3.05, 3.63) is 41.8 Å². The number of carboxylic acids is 1. The summed E-state index contributed by atoms with van der Waals surface area (Å²) in [6, 6.07) is 3.29. The van der Waals surface area contributed by atoms with Crippen LogP contribution in [0.3, 0.4) is 0 Å². The first-order chi connectivity index (χ1) is 9.24. The lowest BCUT2D eigenvalue weighted by atomic mass is 10.2. The third kappa shape index (κ3) is 2.23. The van der Waals surface area contributed by atoms with Gasteiger partial charge in [-0.25, -0.2) is 19.7 Å². The number of aromatic carboxylic acids is 1. The number of nitrogens with one attached hydrogen (secondary N) is 1. The molecule has 0 saturated heterocycles. The van der Waals surface area contributed by atoms with Crippen molar-refractivity contribution in [3.8, 4) is 22.1 Å². The molecular formula is C12H8N4O2S. The van der Waals surface area contributed by atoms with Gasteiger partial charge in [-0.15, -0.1) is 11.3 Å². The highest BCUT2D eigenvalue weighted by Gasteiger charge is 2.12. The van der Waals surface area contributed by atoms with Gasteiger partial charge in [0, 0.05) is 29.5 Å². The molecule has 3 aromatic heterocycles. The second kappa shape index (κ2) is 4.62. The molecule has 0 bridgehead atoms. The Morgan fingerprint density at radius 2 is 2.11 bits per heavy atom. The Labute approximate surface area is 111 Å². The maximum Gasteiger partial charge on any atom is 0.352 e. The van der Waals surface area contributed by atoms with Gasteiger partial charge in [0.05, 0.1) is 5.69 Å². The normalized spacial score (nSPS) is 10.5. The number of aromatic nitrogens is 4. The predicted octanol–water partition coefficient (Wildman–Crippen LogP) is 2.29. The number of hydrogen-bond donors (Lipinski definition) is 2. The van der Waals surface area contributed by atoms with Crippen molar-refractivity contribution in [1.29, 1.82) is 0 Å². The van der Waals surface area contributed by atoms with Gasteiger partial charge in [0.1, 0.15) is 5.69 Å². The van der Waals surface area contributed by atoms with Gasteiger partial charge in [-0.3, -0.25) is 0 Å². The van der Waals surface area contributed by atoms with Crippen LogP contribution >= 0.6 is 11.3 Å². The van der Waals surface area contributed by atoms with Crippen LogP contribution in [0.15, 0.2) is 36.1 Å². The number of carboxylic acid groups (broad SMARTS) is 1. The average molecular weight is 272 g/mol. The lowest BCUT2D eigenvalue weighted by Gasteiger charge is -1.91. The molecule has 0 aliphatic rings. The van der Waals surface area contributed by atoms with E-state index >= 15 is 0 Å². The van der Waals surface area contributed by atoms with Crippen LogP contribution in [-0.4, -0.2) is 31.0 Å². The zero-order chi connectivity index (χ0) is 13.2. The van der Waals surface area contributed by atoms with Crippen LogP contribution in [0.25, 0.3) is 22.1 Å². The Morgan fingerprint density at radius 1 is 1.32 bits per heavy atom. The number of thiazole rings is 1. The fraction of sp³-hybridized carbons (Fsp3) is 0. The van der Waals surface area contributed by atoms with Crippen LogP contribution in [0.4, 0.5) is 0 Å². The highest BCUT2D eigenvalue weighted by molar-refractivity contribution is 7.13. The summed E-state index contributed by atoms with van der Waals surface area (Å²) in [5.41, 5.74) is 1.58. The van der Waals surface area contributed by atoms with Crippen molar-refractivity contribution in [2.75, 3.05) is 0 Å². The second-order valence-electron chi connectivity index (χ2n) is 3.72. The van der Waals surface area contributed by atoms with E-state index < -0.39 is 5.97 Å². The van der Waals surface area contributed by atoms with Gasteiger partial charge in [-0.1, -0.05) is 0 Å². The lowest BCUT2D eigenvalue weighted by molar-refractivity contribution is 0.0691. The van der Waals surface area contributed by atoms with Crippen LogP contribution < -0.4 is 0 Å². The summed E-state index contributed by atoms with van der Waals surface area (Å²) >= 11 is 1.42. The Balaban J connectivity index is 1.94. The molecule has 0 unspecified atom stereocenters. The van der Waals surface area contributed by atoms with E-state index in [4.69, 9.17) is 5.11 Å². The van der Waals surface area contributed by atoms with Gasteiger partial charge in [-0.2, -0.15) is 0 Å². The highest BCUT2D eigenvalue weighted by atomic mass is 32.1. The molecule has 3 rings (SSSR count). The molecule has 3 aromatic rings. The molecule has 7 heteroatoms. The van der Waals surface area contributed by atoms with Crippen molar-refractivity contribution < 1.29 is 9.90 Å². The van der Waals surface area contributed by atoms with Crippen LogP contribution in [0.5, 0.6) is 0 Å². The van der Waals surface area contributed by atoms with E-state index in [-0.39, 0.29) is 5.69 Å². The van der Waals surface area contributed by atoms with E-state index in [9.17, 15) is 4.79 Å². The first kappa shape index (κ1) is 11.5. The number of hydrogen-bond acceptors (Lipinski definition) is 5.